The van der Waals surface area contributed by atoms with Crippen molar-refractivity contribution in [1.29, 1.82) is 0 Å². The van der Waals surface area contributed by atoms with Crippen LogP contribution in [0.3, 0.4) is 0 Å². The number of hydrogen-bond donors (Lipinski definition) is 2. The number of nitrogens with one attached hydrogen (secondary N) is 1. The fraction of sp³-hybridized carbons (Fsp3) is 0.533. The average molecular weight is 308 g/mol. The van der Waals surface area contributed by atoms with Gasteiger partial charge in [-0.25, -0.2) is 4.79 Å². The third kappa shape index (κ3) is 2.98. The molecule has 0 bridgehead atoms. The molecule has 1 aromatic rings. The Hall–Kier alpha value is -2.31. The van der Waals surface area contributed by atoms with Gasteiger partial charge in [0.05, 0.1) is 12.2 Å². The van der Waals surface area contributed by atoms with Crippen molar-refractivity contribution >= 4 is 17.8 Å². The lowest BCUT2D eigenvalue weighted by Gasteiger charge is -2.36. The number of hydrogen-bond acceptors (Lipinski definition) is 4. The van der Waals surface area contributed by atoms with E-state index in [0.717, 1.165) is 5.56 Å². The molecule has 22 heavy (non-hydrogen) atoms. The van der Waals surface area contributed by atoms with E-state index in [-0.39, 0.29) is 24.6 Å². The van der Waals surface area contributed by atoms with Crippen molar-refractivity contribution in [1.82, 2.24) is 10.2 Å². The number of carboxylic acids is 1. The van der Waals surface area contributed by atoms with Crippen molar-refractivity contribution in [2.24, 2.45) is 5.92 Å². The molecule has 1 aromatic heterocycles. The van der Waals surface area contributed by atoms with Crippen LogP contribution in [-0.4, -0.2) is 47.4 Å². The number of carbonyl (C=O) groups is 3. The first-order valence-corrected chi connectivity index (χ1v) is 7.31. The van der Waals surface area contributed by atoms with Crippen molar-refractivity contribution in [3.63, 3.8) is 0 Å². The minimum atomic E-state index is -1.06. The topological polar surface area (TPSA) is 99.9 Å². The number of nitrogens with zero attached hydrogens (tertiary/aromatic N) is 1. The smallest absolute Gasteiger partial charge is 0.326 e. The van der Waals surface area contributed by atoms with E-state index in [9.17, 15) is 19.5 Å². The van der Waals surface area contributed by atoms with Crippen LogP contribution >= 0.6 is 0 Å². The molecular formula is C15H20N2O5. The van der Waals surface area contributed by atoms with E-state index in [2.05, 4.69) is 5.32 Å². The average Bonchev–Trinajstić information content (AvgIpc) is 3.01. The summed E-state index contributed by atoms with van der Waals surface area (Å²) in [5.41, 5.74) is 0.733. The number of piperidine rings is 1. The second kappa shape index (κ2) is 6.64. The van der Waals surface area contributed by atoms with E-state index >= 15 is 0 Å². The van der Waals surface area contributed by atoms with E-state index in [1.54, 1.807) is 6.07 Å². The maximum Gasteiger partial charge on any atom is 0.326 e. The largest absolute Gasteiger partial charge is 0.480 e. The summed E-state index contributed by atoms with van der Waals surface area (Å²) in [6.45, 7) is 1.97. The van der Waals surface area contributed by atoms with Gasteiger partial charge in [-0.2, -0.15) is 0 Å². The summed E-state index contributed by atoms with van der Waals surface area (Å²) in [6.07, 6.45) is 2.73. The molecule has 0 unspecified atom stereocenters. The quantitative estimate of drug-likeness (QED) is 0.860. The normalized spacial score (nSPS) is 21.5. The highest BCUT2D eigenvalue weighted by atomic mass is 16.4. The summed E-state index contributed by atoms with van der Waals surface area (Å²) in [6, 6.07) is 0.770. The molecule has 0 radical (unpaired) electrons. The van der Waals surface area contributed by atoms with Crippen LogP contribution in [0.1, 0.15) is 35.9 Å². The molecule has 2 N–H and O–H groups in total. The molecule has 1 aliphatic rings. The zero-order valence-electron chi connectivity index (χ0n) is 12.7. The Kier molecular flexibility index (Phi) is 4.85. The van der Waals surface area contributed by atoms with Gasteiger partial charge in [0, 0.05) is 19.2 Å². The number of amides is 2. The molecule has 2 amide bonds. The van der Waals surface area contributed by atoms with E-state index in [1.165, 1.54) is 18.2 Å². The molecule has 1 aliphatic heterocycles. The van der Waals surface area contributed by atoms with Crippen LogP contribution in [0.4, 0.5) is 0 Å². The highest BCUT2D eigenvalue weighted by molar-refractivity contribution is 5.96. The Morgan fingerprint density at radius 2 is 2.14 bits per heavy atom. The Morgan fingerprint density at radius 1 is 1.41 bits per heavy atom. The highest BCUT2D eigenvalue weighted by Gasteiger charge is 2.39. The van der Waals surface area contributed by atoms with Gasteiger partial charge in [0.15, 0.2) is 5.76 Å². The first-order valence-electron chi connectivity index (χ1n) is 7.31. The van der Waals surface area contributed by atoms with Crippen LogP contribution in [0.25, 0.3) is 0 Å². The molecule has 2 heterocycles. The molecule has 0 aliphatic carbocycles. The Bertz CT molecular complexity index is 580. The van der Waals surface area contributed by atoms with E-state index in [4.69, 9.17) is 4.42 Å². The minimum absolute atomic E-state index is 0.0827. The second-order valence-electron chi connectivity index (χ2n) is 5.33. The van der Waals surface area contributed by atoms with Crippen molar-refractivity contribution in [3.05, 3.63) is 23.7 Å². The number of aliphatic carboxylic acids is 1. The molecule has 2 atom stereocenters. The molecule has 0 saturated carbocycles. The van der Waals surface area contributed by atoms with Gasteiger partial charge >= 0.3 is 5.97 Å². The highest BCUT2D eigenvalue weighted by Crippen LogP contribution is 2.26. The number of aryl methyl sites for hydroxylation is 1. The van der Waals surface area contributed by atoms with E-state index in [1.807, 2.05) is 6.92 Å². The second-order valence-corrected chi connectivity index (χ2v) is 5.33. The molecule has 7 nitrogen and oxygen atoms in total. The van der Waals surface area contributed by atoms with Gasteiger partial charge in [-0.05, 0) is 25.3 Å². The lowest BCUT2D eigenvalue weighted by atomic mass is 9.91. The monoisotopic (exact) mass is 308 g/mol. The first kappa shape index (κ1) is 16.1. The molecule has 2 rings (SSSR count). The Labute approximate surface area is 128 Å². The zero-order valence-corrected chi connectivity index (χ0v) is 12.7. The summed E-state index contributed by atoms with van der Waals surface area (Å²) in [4.78, 5) is 37.1. The maximum absolute atomic E-state index is 12.6. The number of rotatable bonds is 4. The van der Waals surface area contributed by atoms with Crippen molar-refractivity contribution in [2.75, 3.05) is 13.6 Å². The Balaban J connectivity index is 2.27. The first-order chi connectivity index (χ1) is 10.5. The summed E-state index contributed by atoms with van der Waals surface area (Å²) in [7, 11) is 1.53. The van der Waals surface area contributed by atoms with Crippen molar-refractivity contribution in [2.45, 2.75) is 32.2 Å². The van der Waals surface area contributed by atoms with E-state index < -0.39 is 23.8 Å². The van der Waals surface area contributed by atoms with Gasteiger partial charge in [0.25, 0.3) is 5.91 Å². The summed E-state index contributed by atoms with van der Waals surface area (Å²) < 4.78 is 5.24. The maximum atomic E-state index is 12.6. The summed E-state index contributed by atoms with van der Waals surface area (Å²) >= 11 is 0. The molecule has 7 heteroatoms. The standard InChI is InChI=1S/C15H20N2O5/c1-3-9-6-7-22-12(9)14(19)17-8-10(13(18)16-2)4-5-11(17)15(20)21/h6-7,10-11H,3-5,8H2,1-2H3,(H,16,18)(H,20,21)/t10-,11-/m0/s1. The van der Waals surface area contributed by atoms with Crippen LogP contribution < -0.4 is 5.32 Å². The SMILES string of the molecule is CCc1ccoc1C(=O)N1C[C@@H](C(=O)NC)CC[C@H]1C(=O)O. The number of carbonyl (C=O) groups excluding carboxylic acids is 2. The summed E-state index contributed by atoms with van der Waals surface area (Å²) in [5.74, 6) is -1.95. The molecule has 0 aromatic carbocycles. The molecular weight excluding hydrogens is 288 g/mol. The van der Waals surface area contributed by atoms with Crippen molar-refractivity contribution < 1.29 is 23.9 Å². The summed E-state index contributed by atoms with van der Waals surface area (Å²) in [5, 5.41) is 11.9. The number of likely N-dealkylation sites (tertiary alicyclic amines) is 1. The molecule has 1 fully saturated rings. The lowest BCUT2D eigenvalue weighted by Crippen LogP contribution is -2.53. The number of furan rings is 1. The van der Waals surface area contributed by atoms with Crippen LogP contribution in [0, 0.1) is 5.92 Å². The third-order valence-electron chi connectivity index (χ3n) is 4.07. The molecule has 0 spiro atoms. The van der Waals surface area contributed by atoms with Crippen LogP contribution in [0.5, 0.6) is 0 Å². The number of carboxylic acid groups (broad SMARTS) is 1. The van der Waals surface area contributed by atoms with Gasteiger partial charge in [-0.1, -0.05) is 6.92 Å². The van der Waals surface area contributed by atoms with Gasteiger partial charge in [0.2, 0.25) is 5.91 Å². The van der Waals surface area contributed by atoms with Gasteiger partial charge < -0.3 is 19.7 Å². The van der Waals surface area contributed by atoms with Gasteiger partial charge in [-0.3, -0.25) is 9.59 Å². The van der Waals surface area contributed by atoms with Gasteiger partial charge in [0.1, 0.15) is 6.04 Å². The lowest BCUT2D eigenvalue weighted by molar-refractivity contribution is -0.145. The van der Waals surface area contributed by atoms with E-state index in [0.29, 0.717) is 12.8 Å². The Morgan fingerprint density at radius 3 is 2.73 bits per heavy atom. The van der Waals surface area contributed by atoms with Crippen LogP contribution in [-0.2, 0) is 16.0 Å². The third-order valence-corrected chi connectivity index (χ3v) is 4.07. The predicted molar refractivity (Wildman–Crippen MR) is 77.3 cm³/mol. The fourth-order valence-electron chi connectivity index (χ4n) is 2.80. The van der Waals surface area contributed by atoms with Crippen LogP contribution in [0.2, 0.25) is 0 Å². The van der Waals surface area contributed by atoms with Gasteiger partial charge in [-0.15, -0.1) is 0 Å². The van der Waals surface area contributed by atoms with Crippen molar-refractivity contribution in [3.8, 4) is 0 Å². The predicted octanol–water partition coefficient (Wildman–Crippen LogP) is 0.893. The zero-order chi connectivity index (χ0) is 16.3. The fourth-order valence-corrected chi connectivity index (χ4v) is 2.80. The molecule has 1 saturated heterocycles. The minimum Gasteiger partial charge on any atom is -0.480 e. The molecule has 120 valence electrons. The van der Waals surface area contributed by atoms with Crippen LogP contribution in [0.15, 0.2) is 16.7 Å².